The van der Waals surface area contributed by atoms with Gasteiger partial charge in [0.25, 0.3) is 5.56 Å². The van der Waals surface area contributed by atoms with Crippen molar-refractivity contribution < 1.29 is 4.74 Å². The van der Waals surface area contributed by atoms with Crippen LogP contribution in [0.15, 0.2) is 11.1 Å². The Bertz CT molecular complexity index is 428. The van der Waals surface area contributed by atoms with Crippen LogP contribution in [-0.4, -0.2) is 23.6 Å². The summed E-state index contributed by atoms with van der Waals surface area (Å²) < 4.78 is 4.93. The van der Waals surface area contributed by atoms with Crippen LogP contribution in [0, 0.1) is 11.8 Å². The summed E-state index contributed by atoms with van der Waals surface area (Å²) in [6, 6.07) is 0. The lowest BCUT2D eigenvalue weighted by Crippen LogP contribution is -2.14. The Balaban J connectivity index is 2.70. The molecule has 1 aromatic heterocycles. The largest absolute Gasteiger partial charge is 0.489 e. The Labute approximate surface area is 87.9 Å². The second-order valence-electron chi connectivity index (χ2n) is 2.72. The Morgan fingerprint density at radius 1 is 1.67 bits per heavy atom. The van der Waals surface area contributed by atoms with Gasteiger partial charge in [0.15, 0.2) is 5.82 Å². The maximum absolute atomic E-state index is 11.3. The minimum atomic E-state index is -0.295. The molecule has 15 heavy (non-hydrogen) atoms. The molecule has 1 heterocycles. The second kappa shape index (κ2) is 5.70. The predicted octanol–water partition coefficient (Wildman–Crippen LogP) is 0.604. The number of nitrogens with zero attached hydrogens (tertiary/aromatic N) is 1. The van der Waals surface area contributed by atoms with E-state index in [9.17, 15) is 4.79 Å². The minimum Gasteiger partial charge on any atom is -0.489 e. The molecule has 0 spiro atoms. The van der Waals surface area contributed by atoms with Crippen LogP contribution < -0.4 is 15.6 Å². The molecular formula is C10H13N3O2. The highest BCUT2D eigenvalue weighted by atomic mass is 16.5. The maximum atomic E-state index is 11.3. The molecule has 5 nitrogen and oxygen atoms in total. The van der Waals surface area contributed by atoms with E-state index in [1.165, 1.54) is 13.4 Å². The number of nitrogens with one attached hydrogen (secondary N) is 2. The molecule has 0 aliphatic carbocycles. The van der Waals surface area contributed by atoms with Crippen molar-refractivity contribution in [1.29, 1.82) is 0 Å². The van der Waals surface area contributed by atoms with Gasteiger partial charge in [0.05, 0.1) is 13.4 Å². The van der Waals surface area contributed by atoms with Gasteiger partial charge in [-0.05, 0) is 6.92 Å². The monoisotopic (exact) mass is 207 g/mol. The summed E-state index contributed by atoms with van der Waals surface area (Å²) >= 11 is 0. The van der Waals surface area contributed by atoms with E-state index in [4.69, 9.17) is 4.74 Å². The number of aromatic nitrogens is 2. The molecule has 2 N–H and O–H groups in total. The number of aromatic amines is 1. The summed E-state index contributed by atoms with van der Waals surface area (Å²) in [6.07, 6.45) is 2.03. The van der Waals surface area contributed by atoms with Crippen molar-refractivity contribution in [1.82, 2.24) is 9.97 Å². The van der Waals surface area contributed by atoms with E-state index in [0.717, 1.165) is 0 Å². The smallest absolute Gasteiger partial charge is 0.295 e. The molecule has 0 unspecified atom stereocenters. The highest BCUT2D eigenvalue weighted by molar-refractivity contribution is 5.47. The molecule has 1 aromatic rings. The number of hydrogen-bond donors (Lipinski definition) is 2. The molecular weight excluding hydrogens is 194 g/mol. The van der Waals surface area contributed by atoms with Gasteiger partial charge in [-0.15, -0.1) is 11.8 Å². The molecule has 1 rings (SSSR count). The fourth-order valence-electron chi connectivity index (χ4n) is 1.07. The molecule has 0 radical (unpaired) electrons. The highest BCUT2D eigenvalue weighted by Gasteiger charge is 2.06. The van der Waals surface area contributed by atoms with Gasteiger partial charge in [-0.1, -0.05) is 0 Å². The first kappa shape index (κ1) is 11.1. The summed E-state index contributed by atoms with van der Waals surface area (Å²) in [6.45, 7) is 2.42. The van der Waals surface area contributed by atoms with Gasteiger partial charge in [-0.25, -0.2) is 4.98 Å². The van der Waals surface area contributed by atoms with Gasteiger partial charge in [-0.3, -0.25) is 4.79 Å². The second-order valence-corrected chi connectivity index (χ2v) is 2.72. The van der Waals surface area contributed by atoms with E-state index < -0.39 is 0 Å². The van der Waals surface area contributed by atoms with Crippen LogP contribution in [0.1, 0.15) is 13.3 Å². The molecule has 0 amide bonds. The van der Waals surface area contributed by atoms with Crippen molar-refractivity contribution in [3.63, 3.8) is 0 Å². The number of hydrogen-bond acceptors (Lipinski definition) is 4. The molecule has 0 aliphatic rings. The maximum Gasteiger partial charge on any atom is 0.295 e. The molecule has 0 bridgehead atoms. The van der Waals surface area contributed by atoms with Crippen molar-refractivity contribution >= 4 is 5.82 Å². The van der Waals surface area contributed by atoms with Crippen LogP contribution in [0.4, 0.5) is 5.82 Å². The van der Waals surface area contributed by atoms with E-state index in [-0.39, 0.29) is 11.3 Å². The fourth-order valence-corrected chi connectivity index (χ4v) is 1.07. The number of methoxy groups -OCH3 is 1. The zero-order valence-electron chi connectivity index (χ0n) is 8.76. The SMILES string of the molecule is CC#CCCNc1nc[nH]c(=O)c1OC. The van der Waals surface area contributed by atoms with Gasteiger partial charge < -0.3 is 15.0 Å². The molecule has 0 atom stereocenters. The molecule has 0 saturated heterocycles. The standard InChI is InChI=1S/C10H13N3O2/c1-3-4-5-6-11-9-8(15-2)10(14)13-7-12-9/h7H,5-6H2,1-2H3,(H2,11,12,13,14). The summed E-state index contributed by atoms with van der Waals surface area (Å²) in [5.74, 6) is 6.33. The molecule has 0 saturated carbocycles. The average Bonchev–Trinajstić information content (AvgIpc) is 2.24. The Hall–Kier alpha value is -1.96. The van der Waals surface area contributed by atoms with Crippen molar-refractivity contribution in [2.45, 2.75) is 13.3 Å². The molecule has 0 fully saturated rings. The quantitative estimate of drug-likeness (QED) is 0.560. The number of anilines is 1. The Morgan fingerprint density at radius 3 is 3.13 bits per heavy atom. The van der Waals surface area contributed by atoms with Gasteiger partial charge >= 0.3 is 0 Å². The first-order valence-corrected chi connectivity index (χ1v) is 4.54. The summed E-state index contributed by atoms with van der Waals surface area (Å²) in [5.41, 5.74) is -0.295. The van der Waals surface area contributed by atoms with Gasteiger partial charge in [0.2, 0.25) is 5.75 Å². The molecule has 0 aromatic carbocycles. The molecule has 0 aliphatic heterocycles. The highest BCUT2D eigenvalue weighted by Crippen LogP contribution is 2.13. The van der Waals surface area contributed by atoms with Crippen LogP contribution in [0.5, 0.6) is 5.75 Å². The van der Waals surface area contributed by atoms with Crippen LogP contribution in [0.3, 0.4) is 0 Å². The lowest BCUT2D eigenvalue weighted by atomic mass is 10.4. The predicted molar refractivity (Wildman–Crippen MR) is 58.0 cm³/mol. The third kappa shape index (κ3) is 3.02. The van der Waals surface area contributed by atoms with Crippen LogP contribution in [-0.2, 0) is 0 Å². The third-order valence-electron chi connectivity index (χ3n) is 1.73. The van der Waals surface area contributed by atoms with Crippen molar-refractivity contribution in [2.24, 2.45) is 0 Å². The van der Waals surface area contributed by atoms with Gasteiger partial charge in [0, 0.05) is 13.0 Å². The van der Waals surface area contributed by atoms with Crippen LogP contribution in [0.25, 0.3) is 0 Å². The third-order valence-corrected chi connectivity index (χ3v) is 1.73. The topological polar surface area (TPSA) is 67.0 Å². The van der Waals surface area contributed by atoms with Crippen molar-refractivity contribution in [3.05, 3.63) is 16.7 Å². The average molecular weight is 207 g/mol. The molecule has 5 heteroatoms. The normalized spacial score (nSPS) is 8.93. The minimum absolute atomic E-state index is 0.196. The fraction of sp³-hybridized carbons (Fsp3) is 0.400. The molecule has 80 valence electrons. The van der Waals surface area contributed by atoms with E-state index in [1.54, 1.807) is 6.92 Å². The Morgan fingerprint density at radius 2 is 2.47 bits per heavy atom. The zero-order chi connectivity index (χ0) is 11.1. The first-order chi connectivity index (χ1) is 7.29. The van der Waals surface area contributed by atoms with Crippen molar-refractivity contribution in [3.8, 4) is 17.6 Å². The van der Waals surface area contributed by atoms with Gasteiger partial charge in [-0.2, -0.15) is 0 Å². The zero-order valence-corrected chi connectivity index (χ0v) is 8.76. The van der Waals surface area contributed by atoms with E-state index in [2.05, 4.69) is 27.1 Å². The number of H-pyrrole nitrogens is 1. The van der Waals surface area contributed by atoms with E-state index in [1.807, 2.05) is 0 Å². The first-order valence-electron chi connectivity index (χ1n) is 4.54. The summed E-state index contributed by atoms with van der Waals surface area (Å²) in [7, 11) is 1.43. The van der Waals surface area contributed by atoms with E-state index >= 15 is 0 Å². The Kier molecular flexibility index (Phi) is 4.23. The van der Waals surface area contributed by atoms with Crippen LogP contribution >= 0.6 is 0 Å². The number of ether oxygens (including phenoxy) is 1. The lowest BCUT2D eigenvalue weighted by molar-refractivity contribution is 0.408. The van der Waals surface area contributed by atoms with Crippen molar-refractivity contribution in [2.75, 3.05) is 19.0 Å². The number of rotatable bonds is 4. The summed E-state index contributed by atoms with van der Waals surface area (Å²) in [5, 5.41) is 2.98. The lowest BCUT2D eigenvalue weighted by Gasteiger charge is -2.06. The van der Waals surface area contributed by atoms with Crippen LogP contribution in [0.2, 0.25) is 0 Å². The van der Waals surface area contributed by atoms with E-state index in [0.29, 0.717) is 18.8 Å². The van der Waals surface area contributed by atoms with Gasteiger partial charge in [0.1, 0.15) is 0 Å². The summed E-state index contributed by atoms with van der Waals surface area (Å²) in [4.78, 5) is 17.7.